The topological polar surface area (TPSA) is 55.8 Å². The van der Waals surface area contributed by atoms with Crippen LogP contribution < -0.4 is 5.32 Å². The molecule has 0 aliphatic carbocycles. The number of hydrogen-bond acceptors (Lipinski definition) is 3. The molecule has 0 aromatic heterocycles. The van der Waals surface area contributed by atoms with Crippen LogP contribution in [0, 0.1) is 5.92 Å². The van der Waals surface area contributed by atoms with Crippen molar-refractivity contribution in [1.29, 1.82) is 0 Å². The average Bonchev–Trinajstić information content (AvgIpc) is 2.86. The maximum absolute atomic E-state index is 11.9. The number of nitrogens with zero attached hydrogens (tertiary/aromatic N) is 2. The summed E-state index contributed by atoms with van der Waals surface area (Å²) in [5.41, 5.74) is 0. The quantitative estimate of drug-likeness (QED) is 0.697. The second kappa shape index (κ2) is 8.47. The Bertz CT molecular complexity index is 287. The van der Waals surface area contributed by atoms with Crippen LogP contribution in [0.15, 0.2) is 0 Å². The van der Waals surface area contributed by atoms with Crippen LogP contribution >= 0.6 is 0 Å². The van der Waals surface area contributed by atoms with Crippen LogP contribution in [0.25, 0.3) is 0 Å². The zero-order valence-electron chi connectivity index (χ0n) is 13.4. The van der Waals surface area contributed by atoms with Crippen molar-refractivity contribution >= 4 is 6.03 Å². The summed E-state index contributed by atoms with van der Waals surface area (Å²) in [6.45, 7) is 12.2. The van der Waals surface area contributed by atoms with Crippen molar-refractivity contribution in [1.82, 2.24) is 15.1 Å². The molecule has 2 N–H and O–H groups in total. The molecule has 1 atom stereocenters. The number of carbonyl (C=O) groups excluding carboxylic acids is 1. The highest BCUT2D eigenvalue weighted by atomic mass is 16.3. The maximum Gasteiger partial charge on any atom is 0.317 e. The predicted octanol–water partition coefficient (Wildman–Crippen LogP) is 1.52. The first kappa shape index (κ1) is 17.2. The zero-order valence-corrected chi connectivity index (χ0v) is 13.4. The molecule has 20 heavy (non-hydrogen) atoms. The third-order valence-electron chi connectivity index (χ3n) is 4.03. The zero-order chi connectivity index (χ0) is 15.1. The number of aliphatic hydroxyl groups excluding tert-OH is 1. The van der Waals surface area contributed by atoms with E-state index < -0.39 is 0 Å². The number of amides is 2. The molecule has 1 aliphatic heterocycles. The van der Waals surface area contributed by atoms with E-state index in [1.54, 1.807) is 0 Å². The fourth-order valence-corrected chi connectivity index (χ4v) is 2.85. The Morgan fingerprint density at radius 3 is 2.50 bits per heavy atom. The Hall–Kier alpha value is -0.810. The molecule has 0 aromatic carbocycles. The van der Waals surface area contributed by atoms with Gasteiger partial charge in [-0.1, -0.05) is 0 Å². The second-order valence-corrected chi connectivity index (χ2v) is 6.29. The molecule has 1 aliphatic rings. The minimum atomic E-state index is 0.0154. The fourth-order valence-electron chi connectivity index (χ4n) is 2.85. The van der Waals surface area contributed by atoms with Gasteiger partial charge in [-0.05, 0) is 40.5 Å². The summed E-state index contributed by atoms with van der Waals surface area (Å²) in [4.78, 5) is 16.2. The smallest absolute Gasteiger partial charge is 0.317 e. The number of aliphatic hydroxyl groups is 1. The first-order chi connectivity index (χ1) is 9.45. The number of urea groups is 1. The molecule has 0 saturated carbocycles. The molecule has 5 nitrogen and oxygen atoms in total. The highest BCUT2D eigenvalue weighted by Gasteiger charge is 2.25. The van der Waals surface area contributed by atoms with Crippen molar-refractivity contribution in [3.63, 3.8) is 0 Å². The third kappa shape index (κ3) is 5.29. The molecular formula is C15H31N3O2. The first-order valence-electron chi connectivity index (χ1n) is 7.85. The summed E-state index contributed by atoms with van der Waals surface area (Å²) < 4.78 is 0. The van der Waals surface area contributed by atoms with Gasteiger partial charge in [0.05, 0.1) is 0 Å². The Kier molecular flexibility index (Phi) is 7.30. The predicted molar refractivity (Wildman–Crippen MR) is 81.8 cm³/mol. The van der Waals surface area contributed by atoms with E-state index in [0.29, 0.717) is 18.6 Å². The number of carbonyl (C=O) groups is 1. The number of nitrogens with one attached hydrogen (secondary N) is 1. The van der Waals surface area contributed by atoms with Crippen molar-refractivity contribution < 1.29 is 9.90 Å². The van der Waals surface area contributed by atoms with Crippen molar-refractivity contribution in [2.24, 2.45) is 5.92 Å². The molecule has 118 valence electrons. The van der Waals surface area contributed by atoms with E-state index in [1.807, 2.05) is 4.90 Å². The van der Waals surface area contributed by atoms with Crippen molar-refractivity contribution in [2.45, 2.75) is 52.6 Å². The maximum atomic E-state index is 11.9. The van der Waals surface area contributed by atoms with Gasteiger partial charge in [0.2, 0.25) is 0 Å². The standard InChI is InChI=1S/C15H31N3O2/c1-12(2)18(13(3)4)8-5-7-16-15(20)17-9-6-14(10-17)11-19/h12-14,19H,5-11H2,1-4H3,(H,16,20). The summed E-state index contributed by atoms with van der Waals surface area (Å²) in [6.07, 6.45) is 1.89. The Morgan fingerprint density at radius 2 is 2.00 bits per heavy atom. The lowest BCUT2D eigenvalue weighted by Gasteiger charge is -2.30. The molecule has 0 radical (unpaired) electrons. The fraction of sp³-hybridized carbons (Fsp3) is 0.933. The molecular weight excluding hydrogens is 254 g/mol. The monoisotopic (exact) mass is 285 g/mol. The van der Waals surface area contributed by atoms with Gasteiger partial charge < -0.3 is 15.3 Å². The van der Waals surface area contributed by atoms with E-state index in [4.69, 9.17) is 5.11 Å². The lowest BCUT2D eigenvalue weighted by molar-refractivity contribution is 0.171. The molecule has 0 bridgehead atoms. The lowest BCUT2D eigenvalue weighted by atomic mass is 10.1. The minimum absolute atomic E-state index is 0.0154. The highest BCUT2D eigenvalue weighted by Crippen LogP contribution is 2.15. The molecule has 1 fully saturated rings. The van der Waals surface area contributed by atoms with Crippen LogP contribution in [0.4, 0.5) is 4.79 Å². The van der Waals surface area contributed by atoms with Crippen LogP contribution in [0.1, 0.15) is 40.5 Å². The molecule has 2 amide bonds. The summed E-state index contributed by atoms with van der Waals surface area (Å²) >= 11 is 0. The Labute approximate surface area is 123 Å². The lowest BCUT2D eigenvalue weighted by Crippen LogP contribution is -2.41. The molecule has 1 heterocycles. The first-order valence-corrected chi connectivity index (χ1v) is 7.85. The molecule has 5 heteroatoms. The molecule has 1 saturated heterocycles. The van der Waals surface area contributed by atoms with E-state index in [9.17, 15) is 4.79 Å². The molecule has 1 unspecified atom stereocenters. The van der Waals surface area contributed by atoms with E-state index in [0.717, 1.165) is 32.5 Å². The third-order valence-corrected chi connectivity index (χ3v) is 4.03. The summed E-state index contributed by atoms with van der Waals surface area (Å²) in [5, 5.41) is 12.1. The SMILES string of the molecule is CC(C)N(CCCNC(=O)N1CCC(CO)C1)C(C)C. The Morgan fingerprint density at radius 1 is 1.35 bits per heavy atom. The van der Waals surface area contributed by atoms with Crippen molar-refractivity contribution in [2.75, 3.05) is 32.8 Å². The van der Waals surface area contributed by atoms with Crippen LogP contribution in [-0.2, 0) is 0 Å². The van der Waals surface area contributed by atoms with Gasteiger partial charge in [0.1, 0.15) is 0 Å². The minimum Gasteiger partial charge on any atom is -0.396 e. The van der Waals surface area contributed by atoms with Crippen LogP contribution in [0.3, 0.4) is 0 Å². The summed E-state index contributed by atoms with van der Waals surface area (Å²) in [7, 11) is 0. The molecule has 0 aromatic rings. The highest BCUT2D eigenvalue weighted by molar-refractivity contribution is 5.74. The number of hydrogen-bond donors (Lipinski definition) is 2. The number of rotatable bonds is 7. The van der Waals surface area contributed by atoms with Crippen molar-refractivity contribution in [3.8, 4) is 0 Å². The van der Waals surface area contributed by atoms with Gasteiger partial charge >= 0.3 is 6.03 Å². The van der Waals surface area contributed by atoms with Crippen LogP contribution in [0.5, 0.6) is 0 Å². The van der Waals surface area contributed by atoms with E-state index >= 15 is 0 Å². The van der Waals surface area contributed by atoms with Gasteiger partial charge in [0.15, 0.2) is 0 Å². The average molecular weight is 285 g/mol. The largest absolute Gasteiger partial charge is 0.396 e. The Balaban J connectivity index is 2.19. The van der Waals surface area contributed by atoms with Gasteiger partial charge in [-0.3, -0.25) is 4.90 Å². The van der Waals surface area contributed by atoms with Gasteiger partial charge in [-0.15, -0.1) is 0 Å². The summed E-state index contributed by atoms with van der Waals surface area (Å²) in [5.74, 6) is 0.262. The van der Waals surface area contributed by atoms with Gasteiger partial charge in [-0.25, -0.2) is 4.79 Å². The second-order valence-electron chi connectivity index (χ2n) is 6.29. The van der Waals surface area contributed by atoms with Gasteiger partial charge in [0.25, 0.3) is 0 Å². The molecule has 0 spiro atoms. The van der Waals surface area contributed by atoms with Crippen LogP contribution in [-0.4, -0.2) is 65.8 Å². The van der Waals surface area contributed by atoms with E-state index in [1.165, 1.54) is 0 Å². The van der Waals surface area contributed by atoms with E-state index in [-0.39, 0.29) is 18.6 Å². The molecule has 1 rings (SSSR count). The van der Waals surface area contributed by atoms with E-state index in [2.05, 4.69) is 37.9 Å². The van der Waals surface area contributed by atoms with Crippen molar-refractivity contribution in [3.05, 3.63) is 0 Å². The number of likely N-dealkylation sites (tertiary alicyclic amines) is 1. The normalized spacial score (nSPS) is 19.4. The van der Waals surface area contributed by atoms with Crippen LogP contribution in [0.2, 0.25) is 0 Å². The van der Waals surface area contributed by atoms with Gasteiger partial charge in [0, 0.05) is 50.8 Å². The summed E-state index contributed by atoms with van der Waals surface area (Å²) in [6, 6.07) is 1.09. The van der Waals surface area contributed by atoms with Gasteiger partial charge in [-0.2, -0.15) is 0 Å².